The van der Waals surface area contributed by atoms with Crippen molar-refractivity contribution in [3.8, 4) is 0 Å². The largest absolute Gasteiger partial charge is 0.465 e. The van der Waals surface area contributed by atoms with Crippen LogP contribution < -0.4 is 11.1 Å². The number of furan rings is 1. The summed E-state index contributed by atoms with van der Waals surface area (Å²) in [6.07, 6.45) is 0.928. The summed E-state index contributed by atoms with van der Waals surface area (Å²) in [5, 5.41) is 3.30. The Bertz CT molecular complexity index is 316. The second-order valence-electron chi connectivity index (χ2n) is 4.28. The Hall–Kier alpha value is -0.840. The quantitative estimate of drug-likeness (QED) is 0.771. The fourth-order valence-corrected chi connectivity index (χ4v) is 1.78. The highest BCUT2D eigenvalue weighted by molar-refractivity contribution is 5.05. The Kier molecular flexibility index (Phi) is 3.09. The van der Waals surface area contributed by atoms with Crippen molar-refractivity contribution >= 4 is 0 Å². The maximum atomic E-state index is 6.11. The Morgan fingerprint density at radius 3 is 3.00 bits per heavy atom. The summed E-state index contributed by atoms with van der Waals surface area (Å²) < 4.78 is 10.7. The van der Waals surface area contributed by atoms with E-state index in [1.54, 1.807) is 0 Å². The van der Waals surface area contributed by atoms with Gasteiger partial charge in [-0.2, -0.15) is 0 Å². The summed E-state index contributed by atoms with van der Waals surface area (Å²) in [5.74, 6) is 1.90. The molecule has 0 saturated carbocycles. The molecule has 0 radical (unpaired) electrons. The Balaban J connectivity index is 1.75. The van der Waals surface area contributed by atoms with Crippen molar-refractivity contribution in [1.29, 1.82) is 0 Å². The first-order valence-corrected chi connectivity index (χ1v) is 5.31. The predicted molar refractivity (Wildman–Crippen MR) is 57.5 cm³/mol. The Morgan fingerprint density at radius 1 is 1.53 bits per heavy atom. The first-order valence-electron chi connectivity index (χ1n) is 5.31. The SMILES string of the molecule is Cc1ccc(CNCC2(N)CCOC2)o1. The third-order valence-corrected chi connectivity index (χ3v) is 2.71. The van der Waals surface area contributed by atoms with Gasteiger partial charge >= 0.3 is 0 Å². The van der Waals surface area contributed by atoms with Crippen LogP contribution in [0.25, 0.3) is 0 Å². The molecule has 1 aliphatic rings. The fourth-order valence-electron chi connectivity index (χ4n) is 1.78. The number of aryl methyl sites for hydroxylation is 1. The van der Waals surface area contributed by atoms with Crippen molar-refractivity contribution in [2.24, 2.45) is 5.73 Å². The molecule has 2 heterocycles. The van der Waals surface area contributed by atoms with E-state index in [1.807, 2.05) is 19.1 Å². The molecule has 1 atom stereocenters. The summed E-state index contributed by atoms with van der Waals surface area (Å²) in [6.45, 7) is 4.87. The maximum absolute atomic E-state index is 6.11. The van der Waals surface area contributed by atoms with Crippen LogP contribution in [0.2, 0.25) is 0 Å². The van der Waals surface area contributed by atoms with Crippen molar-refractivity contribution in [1.82, 2.24) is 5.32 Å². The topological polar surface area (TPSA) is 60.4 Å². The van der Waals surface area contributed by atoms with E-state index in [4.69, 9.17) is 14.9 Å². The van der Waals surface area contributed by atoms with Gasteiger partial charge in [-0.05, 0) is 25.5 Å². The van der Waals surface area contributed by atoms with Crippen LogP contribution in [0, 0.1) is 6.92 Å². The summed E-state index contributed by atoms with van der Waals surface area (Å²) in [4.78, 5) is 0. The van der Waals surface area contributed by atoms with Gasteiger partial charge < -0.3 is 20.2 Å². The monoisotopic (exact) mass is 210 g/mol. The smallest absolute Gasteiger partial charge is 0.117 e. The molecule has 0 amide bonds. The molecule has 0 spiro atoms. The molecule has 0 bridgehead atoms. The van der Waals surface area contributed by atoms with E-state index in [-0.39, 0.29) is 5.54 Å². The lowest BCUT2D eigenvalue weighted by Crippen LogP contribution is -2.49. The minimum absolute atomic E-state index is 0.193. The zero-order chi connectivity index (χ0) is 10.7. The lowest BCUT2D eigenvalue weighted by Gasteiger charge is -2.21. The highest BCUT2D eigenvalue weighted by atomic mass is 16.5. The molecule has 1 aromatic heterocycles. The zero-order valence-electron chi connectivity index (χ0n) is 9.08. The average molecular weight is 210 g/mol. The lowest BCUT2D eigenvalue weighted by atomic mass is 10.0. The van der Waals surface area contributed by atoms with Gasteiger partial charge in [0, 0.05) is 13.2 Å². The summed E-state index contributed by atoms with van der Waals surface area (Å²) in [5.41, 5.74) is 5.92. The molecule has 3 N–H and O–H groups in total. The Morgan fingerprint density at radius 2 is 2.40 bits per heavy atom. The molecule has 1 aliphatic heterocycles. The molecule has 1 saturated heterocycles. The van der Waals surface area contributed by atoms with Gasteiger partial charge in [0.15, 0.2) is 0 Å². The van der Waals surface area contributed by atoms with Crippen LogP contribution >= 0.6 is 0 Å². The minimum atomic E-state index is -0.193. The van der Waals surface area contributed by atoms with E-state index in [0.717, 1.165) is 37.6 Å². The molecule has 2 rings (SSSR count). The number of rotatable bonds is 4. The number of nitrogens with two attached hydrogens (primary N) is 1. The first-order chi connectivity index (χ1) is 7.18. The van der Waals surface area contributed by atoms with E-state index in [2.05, 4.69) is 5.32 Å². The van der Waals surface area contributed by atoms with Crippen LogP contribution in [0.15, 0.2) is 16.5 Å². The molecule has 84 valence electrons. The lowest BCUT2D eigenvalue weighted by molar-refractivity contribution is 0.177. The summed E-state index contributed by atoms with van der Waals surface area (Å²) in [6, 6.07) is 3.95. The molecule has 0 aromatic carbocycles. The van der Waals surface area contributed by atoms with E-state index >= 15 is 0 Å². The van der Waals surface area contributed by atoms with Crippen LogP contribution in [-0.4, -0.2) is 25.3 Å². The van der Waals surface area contributed by atoms with Crippen molar-refractivity contribution < 1.29 is 9.15 Å². The molecule has 4 heteroatoms. The van der Waals surface area contributed by atoms with E-state index in [9.17, 15) is 0 Å². The molecule has 1 unspecified atom stereocenters. The predicted octanol–water partition coefficient (Wildman–Crippen LogP) is 0.795. The molecule has 1 fully saturated rings. The van der Waals surface area contributed by atoms with E-state index < -0.39 is 0 Å². The number of ether oxygens (including phenoxy) is 1. The molecule has 4 nitrogen and oxygen atoms in total. The zero-order valence-corrected chi connectivity index (χ0v) is 9.08. The third kappa shape index (κ3) is 2.81. The van der Waals surface area contributed by atoms with Crippen LogP contribution in [0.3, 0.4) is 0 Å². The van der Waals surface area contributed by atoms with Crippen molar-refractivity contribution in [3.63, 3.8) is 0 Å². The second kappa shape index (κ2) is 4.35. The van der Waals surface area contributed by atoms with Gasteiger partial charge in [-0.15, -0.1) is 0 Å². The summed E-state index contributed by atoms with van der Waals surface area (Å²) in [7, 11) is 0. The maximum Gasteiger partial charge on any atom is 0.117 e. The molecule has 1 aromatic rings. The first kappa shape index (κ1) is 10.7. The second-order valence-corrected chi connectivity index (χ2v) is 4.28. The third-order valence-electron chi connectivity index (χ3n) is 2.71. The van der Waals surface area contributed by atoms with Crippen LogP contribution in [0.4, 0.5) is 0 Å². The normalized spacial score (nSPS) is 26.0. The van der Waals surface area contributed by atoms with Gasteiger partial charge in [-0.25, -0.2) is 0 Å². The number of hydrogen-bond donors (Lipinski definition) is 2. The highest BCUT2D eigenvalue weighted by Crippen LogP contribution is 2.14. The molecule has 0 aliphatic carbocycles. The van der Waals surface area contributed by atoms with Crippen molar-refractivity contribution in [2.45, 2.75) is 25.4 Å². The molecular weight excluding hydrogens is 192 g/mol. The molecular formula is C11H18N2O2. The van der Waals surface area contributed by atoms with Crippen LogP contribution in [0.5, 0.6) is 0 Å². The minimum Gasteiger partial charge on any atom is -0.465 e. The van der Waals surface area contributed by atoms with Gasteiger partial charge in [0.2, 0.25) is 0 Å². The standard InChI is InChI=1S/C11H18N2O2/c1-9-2-3-10(15-9)6-13-7-11(12)4-5-14-8-11/h2-3,13H,4-8,12H2,1H3. The summed E-state index contributed by atoms with van der Waals surface area (Å²) >= 11 is 0. The van der Waals surface area contributed by atoms with E-state index in [0.29, 0.717) is 6.61 Å². The molecule has 15 heavy (non-hydrogen) atoms. The van der Waals surface area contributed by atoms with Gasteiger partial charge in [0.05, 0.1) is 18.7 Å². The van der Waals surface area contributed by atoms with Crippen molar-refractivity contribution in [3.05, 3.63) is 23.7 Å². The van der Waals surface area contributed by atoms with Gasteiger partial charge in [0.25, 0.3) is 0 Å². The van der Waals surface area contributed by atoms with Gasteiger partial charge in [-0.1, -0.05) is 0 Å². The fraction of sp³-hybridized carbons (Fsp3) is 0.636. The van der Waals surface area contributed by atoms with Gasteiger partial charge in [0.1, 0.15) is 11.5 Å². The van der Waals surface area contributed by atoms with E-state index in [1.165, 1.54) is 0 Å². The number of hydrogen-bond acceptors (Lipinski definition) is 4. The highest BCUT2D eigenvalue weighted by Gasteiger charge is 2.29. The van der Waals surface area contributed by atoms with Gasteiger partial charge in [-0.3, -0.25) is 0 Å². The van der Waals surface area contributed by atoms with Crippen LogP contribution in [-0.2, 0) is 11.3 Å². The van der Waals surface area contributed by atoms with Crippen molar-refractivity contribution in [2.75, 3.05) is 19.8 Å². The average Bonchev–Trinajstić information content (AvgIpc) is 2.76. The number of nitrogens with one attached hydrogen (secondary N) is 1. The Labute approximate surface area is 89.8 Å². The van der Waals surface area contributed by atoms with Crippen LogP contribution in [0.1, 0.15) is 17.9 Å².